The Kier molecular flexibility index (Phi) is 4.77. The van der Waals surface area contributed by atoms with E-state index in [0.29, 0.717) is 27.8 Å². The zero-order valence-corrected chi connectivity index (χ0v) is 15.4. The van der Waals surface area contributed by atoms with E-state index in [1.165, 1.54) is 17.3 Å². The zero-order chi connectivity index (χ0) is 17.9. The highest BCUT2D eigenvalue weighted by atomic mass is 35.5. The molecule has 0 atom stereocenters. The Balaban J connectivity index is 1.43. The van der Waals surface area contributed by atoms with E-state index in [-0.39, 0.29) is 0 Å². The van der Waals surface area contributed by atoms with Crippen LogP contribution in [0.2, 0.25) is 5.02 Å². The van der Waals surface area contributed by atoms with E-state index >= 15 is 0 Å². The Morgan fingerprint density at radius 1 is 1.00 bits per heavy atom. The van der Waals surface area contributed by atoms with Crippen LogP contribution in [0.25, 0.3) is 22.9 Å². The maximum Gasteiger partial charge on any atom is 0.277 e. The maximum absolute atomic E-state index is 5.99. The summed E-state index contributed by atoms with van der Waals surface area (Å²) in [5, 5.41) is 9.22. The van der Waals surface area contributed by atoms with Crippen molar-refractivity contribution in [2.24, 2.45) is 0 Å². The molecule has 0 N–H and O–H groups in total. The molecule has 0 radical (unpaired) electrons. The van der Waals surface area contributed by atoms with Crippen LogP contribution in [-0.4, -0.2) is 15.2 Å². The van der Waals surface area contributed by atoms with Gasteiger partial charge in [0.1, 0.15) is 6.26 Å². The molecule has 4 aromatic rings. The van der Waals surface area contributed by atoms with Crippen LogP contribution in [-0.2, 0) is 5.75 Å². The van der Waals surface area contributed by atoms with Gasteiger partial charge in [-0.2, -0.15) is 0 Å². The summed E-state index contributed by atoms with van der Waals surface area (Å²) in [4.78, 5) is 4.51. The van der Waals surface area contributed by atoms with Gasteiger partial charge in [0, 0.05) is 21.9 Å². The molecule has 0 aliphatic heterocycles. The van der Waals surface area contributed by atoms with Gasteiger partial charge in [-0.25, -0.2) is 4.98 Å². The van der Waals surface area contributed by atoms with Crippen LogP contribution in [0.1, 0.15) is 11.3 Å². The number of hydrogen-bond acceptors (Lipinski definition) is 6. The Labute approximate surface area is 159 Å². The first-order valence-electron chi connectivity index (χ1n) is 7.91. The van der Waals surface area contributed by atoms with Gasteiger partial charge in [0.05, 0.1) is 5.69 Å². The first-order valence-corrected chi connectivity index (χ1v) is 9.27. The van der Waals surface area contributed by atoms with E-state index in [2.05, 4.69) is 15.2 Å². The summed E-state index contributed by atoms with van der Waals surface area (Å²) in [6.07, 6.45) is 1.65. The summed E-state index contributed by atoms with van der Waals surface area (Å²) in [6, 6.07) is 15.4. The fourth-order valence-corrected chi connectivity index (χ4v) is 3.17. The fourth-order valence-electron chi connectivity index (χ4n) is 2.34. The maximum atomic E-state index is 5.99. The van der Waals surface area contributed by atoms with Gasteiger partial charge in [-0.05, 0) is 37.3 Å². The van der Waals surface area contributed by atoms with Gasteiger partial charge in [-0.1, -0.05) is 47.1 Å². The number of nitrogens with zero attached hydrogens (tertiary/aromatic N) is 3. The van der Waals surface area contributed by atoms with Crippen molar-refractivity contribution in [1.29, 1.82) is 0 Å². The largest absolute Gasteiger partial charge is 0.444 e. The molecule has 0 saturated carbocycles. The van der Waals surface area contributed by atoms with E-state index < -0.39 is 0 Å². The fraction of sp³-hybridized carbons (Fsp3) is 0.105. The second kappa shape index (κ2) is 7.35. The number of rotatable bonds is 5. The lowest BCUT2D eigenvalue weighted by Gasteiger charge is -1.96. The standard InChI is InChI=1S/C19H14ClN3O2S/c1-12-5-7-13(8-6-12)17-21-16(10-24-17)11-26-19-23-22-18(25-19)14-3-2-4-15(20)9-14/h2-10H,11H2,1H3. The SMILES string of the molecule is Cc1ccc(-c2nc(CSc3nnc(-c4cccc(Cl)c4)o3)co2)cc1. The third kappa shape index (κ3) is 3.81. The average molecular weight is 384 g/mol. The lowest BCUT2D eigenvalue weighted by Crippen LogP contribution is -1.83. The topological polar surface area (TPSA) is 65.0 Å². The highest BCUT2D eigenvalue weighted by Crippen LogP contribution is 2.28. The number of aryl methyl sites for hydroxylation is 1. The third-order valence-corrected chi connectivity index (χ3v) is 4.76. The molecule has 130 valence electrons. The van der Waals surface area contributed by atoms with Gasteiger partial charge in [0.25, 0.3) is 5.22 Å². The van der Waals surface area contributed by atoms with Crippen LogP contribution >= 0.6 is 23.4 Å². The van der Waals surface area contributed by atoms with E-state index in [1.807, 2.05) is 43.3 Å². The van der Waals surface area contributed by atoms with E-state index in [0.717, 1.165) is 16.8 Å². The van der Waals surface area contributed by atoms with Crippen molar-refractivity contribution >= 4 is 23.4 Å². The lowest BCUT2D eigenvalue weighted by atomic mass is 10.1. The van der Waals surface area contributed by atoms with Crippen LogP contribution in [0.3, 0.4) is 0 Å². The molecule has 0 amide bonds. The zero-order valence-electron chi connectivity index (χ0n) is 13.8. The van der Waals surface area contributed by atoms with Crippen molar-refractivity contribution in [2.75, 3.05) is 0 Å². The molecule has 0 spiro atoms. The molecule has 0 bridgehead atoms. The summed E-state index contributed by atoms with van der Waals surface area (Å²) in [5.74, 6) is 1.62. The lowest BCUT2D eigenvalue weighted by molar-refractivity contribution is 0.466. The number of benzene rings is 2. The molecule has 4 rings (SSSR count). The molecule has 7 heteroatoms. The van der Waals surface area contributed by atoms with Gasteiger partial charge in [0.15, 0.2) is 0 Å². The minimum Gasteiger partial charge on any atom is -0.444 e. The first-order chi connectivity index (χ1) is 12.7. The molecule has 0 aliphatic carbocycles. The number of aromatic nitrogens is 3. The normalized spacial score (nSPS) is 11.0. The van der Waals surface area contributed by atoms with Crippen molar-refractivity contribution in [3.8, 4) is 22.9 Å². The van der Waals surface area contributed by atoms with E-state index in [9.17, 15) is 0 Å². The summed E-state index contributed by atoms with van der Waals surface area (Å²) >= 11 is 7.40. The summed E-state index contributed by atoms with van der Waals surface area (Å²) in [6.45, 7) is 2.05. The Morgan fingerprint density at radius 2 is 1.85 bits per heavy atom. The predicted molar refractivity (Wildman–Crippen MR) is 101 cm³/mol. The molecule has 2 aromatic carbocycles. The highest BCUT2D eigenvalue weighted by molar-refractivity contribution is 7.98. The van der Waals surface area contributed by atoms with Crippen LogP contribution in [0.4, 0.5) is 0 Å². The number of hydrogen-bond donors (Lipinski definition) is 0. The molecule has 2 aromatic heterocycles. The van der Waals surface area contributed by atoms with Crippen molar-refractivity contribution in [1.82, 2.24) is 15.2 Å². The predicted octanol–water partition coefficient (Wildman–Crippen LogP) is 5.65. The van der Waals surface area contributed by atoms with E-state index in [4.69, 9.17) is 20.4 Å². The monoisotopic (exact) mass is 383 g/mol. The van der Waals surface area contributed by atoms with Crippen molar-refractivity contribution in [2.45, 2.75) is 17.9 Å². The smallest absolute Gasteiger partial charge is 0.277 e. The van der Waals surface area contributed by atoms with Gasteiger partial charge in [-0.15, -0.1) is 10.2 Å². The molecule has 2 heterocycles. The van der Waals surface area contributed by atoms with Crippen LogP contribution < -0.4 is 0 Å². The van der Waals surface area contributed by atoms with Crippen molar-refractivity contribution in [3.05, 3.63) is 71.1 Å². The van der Waals surface area contributed by atoms with Gasteiger partial charge in [0.2, 0.25) is 11.8 Å². The molecule has 0 aliphatic rings. The minimum absolute atomic E-state index is 0.440. The second-order valence-electron chi connectivity index (χ2n) is 5.68. The van der Waals surface area contributed by atoms with Gasteiger partial charge in [-0.3, -0.25) is 0 Å². The summed E-state index contributed by atoms with van der Waals surface area (Å²) < 4.78 is 11.2. The summed E-state index contributed by atoms with van der Waals surface area (Å²) in [7, 11) is 0. The average Bonchev–Trinajstić information content (AvgIpc) is 3.30. The second-order valence-corrected chi connectivity index (χ2v) is 7.05. The van der Waals surface area contributed by atoms with E-state index in [1.54, 1.807) is 18.4 Å². The van der Waals surface area contributed by atoms with Crippen molar-refractivity contribution < 1.29 is 8.83 Å². The minimum atomic E-state index is 0.440. The molecule has 5 nitrogen and oxygen atoms in total. The molecule has 0 fully saturated rings. The Hall–Kier alpha value is -2.57. The summed E-state index contributed by atoms with van der Waals surface area (Å²) in [5.41, 5.74) is 3.75. The number of halogens is 1. The number of thioether (sulfide) groups is 1. The quantitative estimate of drug-likeness (QED) is 0.415. The number of oxazole rings is 1. The third-order valence-electron chi connectivity index (χ3n) is 3.67. The van der Waals surface area contributed by atoms with Gasteiger partial charge >= 0.3 is 0 Å². The van der Waals surface area contributed by atoms with Crippen LogP contribution in [0.15, 0.2) is 68.9 Å². The Bertz CT molecular complexity index is 1030. The first kappa shape index (κ1) is 16.9. The molecular weight excluding hydrogens is 370 g/mol. The van der Waals surface area contributed by atoms with Gasteiger partial charge < -0.3 is 8.83 Å². The molecule has 0 saturated heterocycles. The van der Waals surface area contributed by atoms with Crippen molar-refractivity contribution in [3.63, 3.8) is 0 Å². The van der Waals surface area contributed by atoms with Crippen LogP contribution in [0, 0.1) is 6.92 Å². The molecular formula is C19H14ClN3O2S. The molecule has 0 unspecified atom stereocenters. The van der Waals surface area contributed by atoms with Crippen LogP contribution in [0.5, 0.6) is 0 Å². The molecule has 26 heavy (non-hydrogen) atoms. The highest BCUT2D eigenvalue weighted by Gasteiger charge is 2.12. The Morgan fingerprint density at radius 3 is 2.65 bits per heavy atom.